The van der Waals surface area contributed by atoms with Crippen LogP contribution in [0.3, 0.4) is 0 Å². The third kappa shape index (κ3) is 8.95. The SMILES string of the molecule is CCCCCCCCCCOC(=O)c1ccc(NC=[N+](C)c2ccccc2)cc1. The van der Waals surface area contributed by atoms with Gasteiger partial charge in [0.25, 0.3) is 0 Å². The Balaban J connectivity index is 1.66. The van der Waals surface area contributed by atoms with Crippen LogP contribution in [0.5, 0.6) is 0 Å². The van der Waals surface area contributed by atoms with Gasteiger partial charge in [0.15, 0.2) is 0 Å². The molecule has 0 aliphatic heterocycles. The topological polar surface area (TPSA) is 41.3 Å². The summed E-state index contributed by atoms with van der Waals surface area (Å²) in [7, 11) is 1.99. The lowest BCUT2D eigenvalue weighted by molar-refractivity contribution is -0.399. The average Bonchev–Trinajstić information content (AvgIpc) is 2.77. The Hall–Kier alpha value is -2.62. The van der Waals surface area contributed by atoms with Gasteiger partial charge in [-0.3, -0.25) is 0 Å². The van der Waals surface area contributed by atoms with Crippen molar-refractivity contribution in [2.45, 2.75) is 58.3 Å². The van der Waals surface area contributed by atoms with Crippen LogP contribution in [-0.4, -0.2) is 30.5 Å². The van der Waals surface area contributed by atoms with Crippen LogP contribution >= 0.6 is 0 Å². The highest BCUT2D eigenvalue weighted by Crippen LogP contribution is 2.12. The summed E-state index contributed by atoms with van der Waals surface area (Å²) in [6.07, 6.45) is 11.8. The molecule has 0 spiro atoms. The number of ether oxygens (including phenoxy) is 1. The monoisotopic (exact) mass is 395 g/mol. The fraction of sp³-hybridized carbons (Fsp3) is 0.440. The molecular formula is C25H35N2O2+. The van der Waals surface area contributed by atoms with Crippen LogP contribution in [0.15, 0.2) is 54.6 Å². The van der Waals surface area contributed by atoms with E-state index >= 15 is 0 Å². The number of carbonyl (C=O) groups is 1. The van der Waals surface area contributed by atoms with Crippen molar-refractivity contribution in [1.82, 2.24) is 0 Å². The Morgan fingerprint density at radius 3 is 2.17 bits per heavy atom. The Kier molecular flexibility index (Phi) is 10.6. The predicted octanol–water partition coefficient (Wildman–Crippen LogP) is 6.40. The van der Waals surface area contributed by atoms with Crippen molar-refractivity contribution in [1.29, 1.82) is 0 Å². The average molecular weight is 396 g/mol. The molecule has 0 amide bonds. The molecule has 0 radical (unpaired) electrons. The first-order valence-corrected chi connectivity index (χ1v) is 10.9. The van der Waals surface area contributed by atoms with Crippen molar-refractivity contribution >= 4 is 23.7 Å². The molecule has 1 N–H and O–H groups in total. The van der Waals surface area contributed by atoms with Gasteiger partial charge in [0.1, 0.15) is 11.4 Å². The molecule has 0 aliphatic rings. The molecule has 0 saturated heterocycles. The first kappa shape index (κ1) is 22.7. The quantitative estimate of drug-likeness (QED) is 0.140. The number of hydrogen-bond donors (Lipinski definition) is 1. The second kappa shape index (κ2) is 13.5. The molecule has 0 aromatic heterocycles. The van der Waals surface area contributed by atoms with Crippen molar-refractivity contribution < 1.29 is 14.1 Å². The fourth-order valence-electron chi connectivity index (χ4n) is 3.10. The maximum Gasteiger partial charge on any atom is 0.338 e. The van der Waals surface area contributed by atoms with Gasteiger partial charge in [0.05, 0.1) is 19.2 Å². The zero-order valence-corrected chi connectivity index (χ0v) is 17.9. The van der Waals surface area contributed by atoms with Gasteiger partial charge in [-0.2, -0.15) is 0 Å². The number of rotatable bonds is 13. The minimum atomic E-state index is -0.245. The van der Waals surface area contributed by atoms with Crippen molar-refractivity contribution in [3.63, 3.8) is 0 Å². The van der Waals surface area contributed by atoms with E-state index in [1.54, 1.807) is 12.1 Å². The number of carbonyl (C=O) groups excluding carboxylic acids is 1. The molecule has 0 fully saturated rings. The molecule has 0 bridgehead atoms. The largest absolute Gasteiger partial charge is 0.462 e. The van der Waals surface area contributed by atoms with E-state index in [2.05, 4.69) is 12.2 Å². The van der Waals surface area contributed by atoms with Crippen molar-refractivity contribution in [3.8, 4) is 0 Å². The van der Waals surface area contributed by atoms with Gasteiger partial charge < -0.3 is 4.74 Å². The molecule has 29 heavy (non-hydrogen) atoms. The summed E-state index contributed by atoms with van der Waals surface area (Å²) >= 11 is 0. The molecule has 0 saturated carbocycles. The van der Waals surface area contributed by atoms with E-state index in [9.17, 15) is 4.79 Å². The summed E-state index contributed by atoms with van der Waals surface area (Å²) in [5.74, 6) is -0.245. The number of nitrogens with one attached hydrogen (secondary N) is 1. The standard InChI is InChI=1S/C25H34N2O2/c1-3-4-5-6-7-8-9-13-20-29-25(28)22-16-18-23(19-17-22)26-21-27(2)24-14-11-10-12-15-24/h10-12,14-19,21H,3-9,13,20H2,1-2H3/p+1. The van der Waals surface area contributed by atoms with Crippen LogP contribution in [0, 0.1) is 0 Å². The van der Waals surface area contributed by atoms with E-state index < -0.39 is 0 Å². The summed E-state index contributed by atoms with van der Waals surface area (Å²) in [4.78, 5) is 12.2. The molecule has 4 nitrogen and oxygen atoms in total. The molecule has 2 aromatic rings. The maximum atomic E-state index is 12.2. The Morgan fingerprint density at radius 2 is 1.52 bits per heavy atom. The summed E-state index contributed by atoms with van der Waals surface area (Å²) in [6.45, 7) is 2.74. The normalized spacial score (nSPS) is 11.3. The molecule has 2 rings (SSSR count). The number of nitrogens with zero attached hydrogens (tertiary/aromatic N) is 1. The van der Waals surface area contributed by atoms with Gasteiger partial charge in [-0.1, -0.05) is 70.1 Å². The zero-order chi connectivity index (χ0) is 20.7. The lowest BCUT2D eigenvalue weighted by atomic mass is 10.1. The van der Waals surface area contributed by atoms with E-state index in [1.807, 2.05) is 60.4 Å². The predicted molar refractivity (Wildman–Crippen MR) is 121 cm³/mol. The van der Waals surface area contributed by atoms with E-state index in [-0.39, 0.29) is 5.97 Å². The minimum Gasteiger partial charge on any atom is -0.462 e. The summed E-state index contributed by atoms with van der Waals surface area (Å²) in [5, 5.41) is 3.24. The van der Waals surface area contributed by atoms with Crippen molar-refractivity contribution in [3.05, 3.63) is 60.2 Å². The molecule has 0 aliphatic carbocycles. The van der Waals surface area contributed by atoms with Crippen LogP contribution in [0.1, 0.15) is 68.6 Å². The Bertz CT molecular complexity index is 739. The molecular weight excluding hydrogens is 360 g/mol. The highest BCUT2D eigenvalue weighted by molar-refractivity contribution is 5.90. The second-order valence-corrected chi connectivity index (χ2v) is 7.41. The summed E-state index contributed by atoms with van der Waals surface area (Å²) in [6, 6.07) is 17.5. The van der Waals surface area contributed by atoms with Gasteiger partial charge in [-0.15, -0.1) is 0 Å². The highest BCUT2D eigenvalue weighted by atomic mass is 16.5. The van der Waals surface area contributed by atoms with Crippen LogP contribution in [-0.2, 0) is 4.74 Å². The van der Waals surface area contributed by atoms with Crippen LogP contribution < -0.4 is 5.32 Å². The second-order valence-electron chi connectivity index (χ2n) is 7.41. The third-order valence-corrected chi connectivity index (χ3v) is 4.94. The molecule has 156 valence electrons. The lowest BCUT2D eigenvalue weighted by Crippen LogP contribution is -2.09. The zero-order valence-electron chi connectivity index (χ0n) is 17.9. The fourth-order valence-corrected chi connectivity index (χ4v) is 3.10. The Morgan fingerprint density at radius 1 is 0.897 bits per heavy atom. The van der Waals surface area contributed by atoms with Crippen LogP contribution in [0.2, 0.25) is 0 Å². The van der Waals surface area contributed by atoms with Crippen LogP contribution in [0.4, 0.5) is 11.4 Å². The van der Waals surface area contributed by atoms with Gasteiger partial charge >= 0.3 is 5.97 Å². The molecule has 0 heterocycles. The number of unbranched alkanes of at least 4 members (excludes halogenated alkanes) is 7. The maximum absolute atomic E-state index is 12.2. The van der Waals surface area contributed by atoms with Gasteiger partial charge in [-0.05, 0) is 42.8 Å². The first-order valence-electron chi connectivity index (χ1n) is 10.9. The molecule has 2 aromatic carbocycles. The minimum absolute atomic E-state index is 0.245. The van der Waals surface area contributed by atoms with Gasteiger partial charge in [-0.25, -0.2) is 14.7 Å². The summed E-state index contributed by atoms with van der Waals surface area (Å²) < 4.78 is 7.40. The third-order valence-electron chi connectivity index (χ3n) is 4.94. The lowest BCUT2D eigenvalue weighted by Gasteiger charge is -2.05. The Labute approximate surface area is 175 Å². The van der Waals surface area contributed by atoms with E-state index in [1.165, 1.54) is 38.5 Å². The molecule has 0 atom stereocenters. The van der Waals surface area contributed by atoms with Gasteiger partial charge in [0, 0.05) is 0 Å². The number of esters is 1. The van der Waals surface area contributed by atoms with Crippen molar-refractivity contribution in [2.24, 2.45) is 0 Å². The smallest absolute Gasteiger partial charge is 0.338 e. The summed E-state index contributed by atoms with van der Waals surface area (Å²) in [5.41, 5.74) is 2.61. The first-order chi connectivity index (χ1) is 14.2. The number of benzene rings is 2. The number of anilines is 1. The van der Waals surface area contributed by atoms with E-state index in [0.29, 0.717) is 12.2 Å². The number of hydrogen-bond acceptors (Lipinski definition) is 2. The van der Waals surface area contributed by atoms with E-state index in [0.717, 1.165) is 24.2 Å². The van der Waals surface area contributed by atoms with Crippen molar-refractivity contribution in [2.75, 3.05) is 19.0 Å². The molecule has 0 unspecified atom stereocenters. The number of para-hydroxylation sites is 1. The van der Waals surface area contributed by atoms with E-state index in [4.69, 9.17) is 4.74 Å². The highest BCUT2D eigenvalue weighted by Gasteiger charge is 2.07. The van der Waals surface area contributed by atoms with Gasteiger partial charge in [0.2, 0.25) is 6.34 Å². The van der Waals surface area contributed by atoms with Crippen LogP contribution in [0.25, 0.3) is 0 Å². The molecule has 4 heteroatoms.